The van der Waals surface area contributed by atoms with Crippen molar-refractivity contribution in [1.82, 2.24) is 14.6 Å². The first-order valence-electron chi connectivity index (χ1n) is 9.49. The van der Waals surface area contributed by atoms with E-state index in [9.17, 15) is 17.6 Å². The summed E-state index contributed by atoms with van der Waals surface area (Å²) in [4.78, 5) is 16.5. The number of sulfonamides is 1. The van der Waals surface area contributed by atoms with Gasteiger partial charge in [0.15, 0.2) is 0 Å². The van der Waals surface area contributed by atoms with Gasteiger partial charge in [0.05, 0.1) is 17.1 Å². The standard InChI is InChI=1S/C20H26FN3O4S/c1-4-12-28-20-15(8-7-11-22-20)14-23-19(25)17-13-16(9-10-18(17)21)29(26,27)24(5-2)6-3/h7-11,13H,4-6,12,14H2,1-3H3,(H,23,25). The summed E-state index contributed by atoms with van der Waals surface area (Å²) >= 11 is 0. The van der Waals surface area contributed by atoms with Gasteiger partial charge in [-0.2, -0.15) is 4.31 Å². The van der Waals surface area contributed by atoms with Crippen molar-refractivity contribution in [3.63, 3.8) is 0 Å². The molecule has 2 aromatic rings. The summed E-state index contributed by atoms with van der Waals surface area (Å²) in [5, 5.41) is 2.60. The molecule has 0 spiro atoms. The first kappa shape index (κ1) is 22.8. The summed E-state index contributed by atoms with van der Waals surface area (Å²) in [6.07, 6.45) is 2.39. The van der Waals surface area contributed by atoms with Crippen LogP contribution in [0.3, 0.4) is 0 Å². The van der Waals surface area contributed by atoms with Crippen molar-refractivity contribution in [3.05, 3.63) is 53.5 Å². The molecule has 2 rings (SSSR count). The highest BCUT2D eigenvalue weighted by molar-refractivity contribution is 7.89. The highest BCUT2D eigenvalue weighted by Gasteiger charge is 2.24. The number of halogens is 1. The van der Waals surface area contributed by atoms with Crippen LogP contribution in [0, 0.1) is 5.82 Å². The van der Waals surface area contributed by atoms with Crippen molar-refractivity contribution in [2.45, 2.75) is 38.6 Å². The summed E-state index contributed by atoms with van der Waals surface area (Å²) < 4.78 is 46.3. The molecule has 0 fully saturated rings. The lowest BCUT2D eigenvalue weighted by Crippen LogP contribution is -2.31. The van der Waals surface area contributed by atoms with Crippen molar-refractivity contribution < 1.29 is 22.3 Å². The highest BCUT2D eigenvalue weighted by atomic mass is 32.2. The number of benzene rings is 1. The predicted octanol–water partition coefficient (Wildman–Crippen LogP) is 2.97. The fourth-order valence-electron chi connectivity index (χ4n) is 2.71. The van der Waals surface area contributed by atoms with Crippen LogP contribution >= 0.6 is 0 Å². The molecule has 1 aromatic heterocycles. The second kappa shape index (κ2) is 10.3. The molecule has 0 aliphatic rings. The lowest BCUT2D eigenvalue weighted by atomic mass is 10.2. The first-order valence-corrected chi connectivity index (χ1v) is 10.9. The average molecular weight is 424 g/mol. The minimum atomic E-state index is -3.80. The van der Waals surface area contributed by atoms with Gasteiger partial charge in [-0.1, -0.05) is 26.8 Å². The third kappa shape index (κ3) is 5.51. The fraction of sp³-hybridized carbons (Fsp3) is 0.400. The van der Waals surface area contributed by atoms with Gasteiger partial charge in [0.1, 0.15) is 5.82 Å². The number of hydrogen-bond acceptors (Lipinski definition) is 5. The second-order valence-corrected chi connectivity index (χ2v) is 8.17. The Morgan fingerprint density at radius 2 is 1.93 bits per heavy atom. The molecular formula is C20H26FN3O4S. The number of rotatable bonds is 10. The van der Waals surface area contributed by atoms with Gasteiger partial charge in [-0.3, -0.25) is 4.79 Å². The Hall–Kier alpha value is -2.52. The number of hydrogen-bond donors (Lipinski definition) is 1. The average Bonchev–Trinajstić information content (AvgIpc) is 2.71. The monoisotopic (exact) mass is 423 g/mol. The Bertz CT molecular complexity index is 946. The molecule has 7 nitrogen and oxygen atoms in total. The maximum Gasteiger partial charge on any atom is 0.254 e. The zero-order valence-electron chi connectivity index (χ0n) is 16.8. The largest absolute Gasteiger partial charge is 0.477 e. The molecule has 1 N–H and O–H groups in total. The van der Waals surface area contributed by atoms with Gasteiger partial charge in [-0.15, -0.1) is 0 Å². The smallest absolute Gasteiger partial charge is 0.254 e. The van der Waals surface area contributed by atoms with Gasteiger partial charge < -0.3 is 10.1 Å². The van der Waals surface area contributed by atoms with E-state index in [-0.39, 0.29) is 30.1 Å². The summed E-state index contributed by atoms with van der Waals surface area (Å²) in [6, 6.07) is 6.67. The van der Waals surface area contributed by atoms with Gasteiger partial charge in [-0.05, 0) is 30.7 Å². The Kier molecular flexibility index (Phi) is 8.10. The molecule has 0 radical (unpaired) electrons. The summed E-state index contributed by atoms with van der Waals surface area (Å²) in [6.45, 7) is 6.50. The molecule has 1 aromatic carbocycles. The fourth-order valence-corrected chi connectivity index (χ4v) is 4.19. The number of amides is 1. The number of aromatic nitrogens is 1. The number of carbonyl (C=O) groups is 1. The number of nitrogens with one attached hydrogen (secondary N) is 1. The van der Waals surface area contributed by atoms with Crippen molar-refractivity contribution in [3.8, 4) is 5.88 Å². The molecule has 0 atom stereocenters. The molecule has 158 valence electrons. The van der Waals surface area contributed by atoms with Gasteiger partial charge in [-0.25, -0.2) is 17.8 Å². The van der Waals surface area contributed by atoms with Crippen LogP contribution in [0.4, 0.5) is 4.39 Å². The van der Waals surface area contributed by atoms with E-state index in [2.05, 4.69) is 10.3 Å². The zero-order chi connectivity index (χ0) is 21.4. The molecular weight excluding hydrogens is 397 g/mol. The van der Waals surface area contributed by atoms with Crippen LogP contribution in [0.25, 0.3) is 0 Å². The third-order valence-electron chi connectivity index (χ3n) is 4.26. The van der Waals surface area contributed by atoms with E-state index in [0.29, 0.717) is 18.1 Å². The quantitative estimate of drug-likeness (QED) is 0.635. The first-order chi connectivity index (χ1) is 13.8. The highest BCUT2D eigenvalue weighted by Crippen LogP contribution is 2.20. The molecule has 1 amide bonds. The topological polar surface area (TPSA) is 88.6 Å². The van der Waals surface area contributed by atoms with E-state index in [0.717, 1.165) is 24.6 Å². The third-order valence-corrected chi connectivity index (χ3v) is 6.30. The Morgan fingerprint density at radius 3 is 2.59 bits per heavy atom. The maximum atomic E-state index is 14.2. The number of carbonyl (C=O) groups excluding carboxylic acids is 1. The van der Waals surface area contributed by atoms with Gasteiger partial charge >= 0.3 is 0 Å². The Labute approximate surface area is 171 Å². The molecule has 0 saturated carbocycles. The van der Waals surface area contributed by atoms with Crippen LogP contribution in [0.15, 0.2) is 41.4 Å². The summed E-state index contributed by atoms with van der Waals surface area (Å²) in [5.41, 5.74) is 0.305. The lowest BCUT2D eigenvalue weighted by molar-refractivity contribution is 0.0946. The second-order valence-electron chi connectivity index (χ2n) is 6.23. The SMILES string of the molecule is CCCOc1ncccc1CNC(=O)c1cc(S(=O)(=O)N(CC)CC)ccc1F. The lowest BCUT2D eigenvalue weighted by Gasteiger charge is -2.19. The molecule has 0 aliphatic carbocycles. The van der Waals surface area contributed by atoms with Gasteiger partial charge in [0.25, 0.3) is 5.91 Å². The molecule has 0 saturated heterocycles. The number of ether oxygens (including phenoxy) is 1. The molecule has 0 aliphatic heterocycles. The predicted molar refractivity (Wildman–Crippen MR) is 108 cm³/mol. The zero-order valence-corrected chi connectivity index (χ0v) is 17.6. The molecule has 1 heterocycles. The van der Waals surface area contributed by atoms with E-state index in [1.54, 1.807) is 32.2 Å². The normalized spacial score (nSPS) is 11.5. The van der Waals surface area contributed by atoms with Crippen molar-refractivity contribution in [2.75, 3.05) is 19.7 Å². The Morgan fingerprint density at radius 1 is 1.21 bits per heavy atom. The van der Waals surface area contributed by atoms with Crippen molar-refractivity contribution >= 4 is 15.9 Å². The maximum absolute atomic E-state index is 14.2. The van der Waals surface area contributed by atoms with Crippen LogP contribution in [0.2, 0.25) is 0 Å². The van der Waals surface area contributed by atoms with Crippen molar-refractivity contribution in [2.24, 2.45) is 0 Å². The van der Waals surface area contributed by atoms with Gasteiger partial charge in [0, 0.05) is 31.4 Å². The van der Waals surface area contributed by atoms with E-state index < -0.39 is 21.7 Å². The summed E-state index contributed by atoms with van der Waals surface area (Å²) in [5.74, 6) is -1.12. The molecule has 0 unspecified atom stereocenters. The van der Waals surface area contributed by atoms with E-state index in [1.165, 1.54) is 4.31 Å². The number of nitrogens with zero attached hydrogens (tertiary/aromatic N) is 2. The number of pyridine rings is 1. The van der Waals surface area contributed by atoms with Crippen LogP contribution in [-0.2, 0) is 16.6 Å². The van der Waals surface area contributed by atoms with Crippen LogP contribution < -0.4 is 10.1 Å². The summed E-state index contributed by atoms with van der Waals surface area (Å²) in [7, 11) is -3.80. The van der Waals surface area contributed by atoms with Gasteiger partial charge in [0.2, 0.25) is 15.9 Å². The van der Waals surface area contributed by atoms with Crippen LogP contribution in [0.5, 0.6) is 5.88 Å². The van der Waals surface area contributed by atoms with E-state index in [1.807, 2.05) is 6.92 Å². The minimum absolute atomic E-state index is 0.0676. The van der Waals surface area contributed by atoms with E-state index >= 15 is 0 Å². The molecule has 9 heteroatoms. The van der Waals surface area contributed by atoms with Crippen LogP contribution in [0.1, 0.15) is 43.1 Å². The Balaban J connectivity index is 2.22. The molecule has 0 bridgehead atoms. The van der Waals surface area contributed by atoms with E-state index in [4.69, 9.17) is 4.74 Å². The van der Waals surface area contributed by atoms with Crippen LogP contribution in [-0.4, -0.2) is 43.3 Å². The molecule has 29 heavy (non-hydrogen) atoms. The minimum Gasteiger partial charge on any atom is -0.477 e. The van der Waals surface area contributed by atoms with Crippen molar-refractivity contribution in [1.29, 1.82) is 0 Å².